The summed E-state index contributed by atoms with van der Waals surface area (Å²) in [5.74, 6) is 0.320. The van der Waals surface area contributed by atoms with E-state index >= 15 is 0 Å². The molecule has 3 nitrogen and oxygen atoms in total. The number of nitrogens with two attached hydrogens (primary N) is 1. The summed E-state index contributed by atoms with van der Waals surface area (Å²) in [4.78, 5) is 2.46. The molecule has 20 heavy (non-hydrogen) atoms. The summed E-state index contributed by atoms with van der Waals surface area (Å²) in [7, 11) is 0. The summed E-state index contributed by atoms with van der Waals surface area (Å²) in [5, 5.41) is 9.93. The second kappa shape index (κ2) is 6.70. The van der Waals surface area contributed by atoms with Crippen LogP contribution in [0.5, 0.6) is 0 Å². The molecule has 1 fully saturated rings. The Kier molecular flexibility index (Phi) is 5.19. The maximum Gasteiger partial charge on any atom is 0.0590 e. The van der Waals surface area contributed by atoms with E-state index in [1.165, 1.54) is 11.1 Å². The third kappa shape index (κ3) is 3.40. The van der Waals surface area contributed by atoms with Crippen molar-refractivity contribution in [2.75, 3.05) is 13.1 Å². The van der Waals surface area contributed by atoms with Gasteiger partial charge in [0.05, 0.1) is 6.10 Å². The Labute approximate surface area is 122 Å². The van der Waals surface area contributed by atoms with Crippen molar-refractivity contribution < 1.29 is 5.11 Å². The van der Waals surface area contributed by atoms with Crippen LogP contribution in [-0.4, -0.2) is 35.2 Å². The Morgan fingerprint density at radius 1 is 1.45 bits per heavy atom. The van der Waals surface area contributed by atoms with Crippen LogP contribution in [0.1, 0.15) is 43.9 Å². The molecule has 0 saturated carbocycles. The van der Waals surface area contributed by atoms with Crippen molar-refractivity contribution in [1.29, 1.82) is 0 Å². The molecule has 1 aliphatic rings. The Balaban J connectivity index is 2.24. The number of nitrogens with zero attached hydrogens (tertiary/aromatic N) is 1. The zero-order chi connectivity index (χ0) is 14.7. The minimum absolute atomic E-state index is 0.138. The maximum atomic E-state index is 9.93. The summed E-state index contributed by atoms with van der Waals surface area (Å²) in [5.41, 5.74) is 8.99. The first-order valence-electron chi connectivity index (χ1n) is 7.77. The molecule has 0 bridgehead atoms. The molecule has 0 spiro atoms. The van der Waals surface area contributed by atoms with Crippen molar-refractivity contribution >= 4 is 0 Å². The minimum atomic E-state index is -0.165. The van der Waals surface area contributed by atoms with Gasteiger partial charge in [0.15, 0.2) is 0 Å². The van der Waals surface area contributed by atoms with Gasteiger partial charge in [-0.15, -0.1) is 0 Å². The van der Waals surface area contributed by atoms with Gasteiger partial charge >= 0.3 is 0 Å². The third-order valence-corrected chi connectivity index (χ3v) is 4.55. The number of aliphatic hydroxyl groups excluding tert-OH is 1. The highest BCUT2D eigenvalue weighted by atomic mass is 16.3. The number of aryl methyl sites for hydroxylation is 1. The smallest absolute Gasteiger partial charge is 0.0590 e. The molecule has 0 aliphatic carbocycles. The third-order valence-electron chi connectivity index (χ3n) is 4.55. The highest BCUT2D eigenvalue weighted by Crippen LogP contribution is 2.30. The molecule has 4 atom stereocenters. The lowest BCUT2D eigenvalue weighted by atomic mass is 9.90. The first kappa shape index (κ1) is 15.5. The molecule has 3 N–H and O–H groups in total. The fourth-order valence-electron chi connectivity index (χ4n) is 3.22. The highest BCUT2D eigenvalue weighted by molar-refractivity contribution is 5.26. The van der Waals surface area contributed by atoms with Crippen LogP contribution in [0.25, 0.3) is 0 Å². The van der Waals surface area contributed by atoms with E-state index in [-0.39, 0.29) is 18.2 Å². The Morgan fingerprint density at radius 3 is 2.80 bits per heavy atom. The first-order valence-corrected chi connectivity index (χ1v) is 7.77. The molecule has 4 unspecified atom stereocenters. The molecule has 1 aromatic rings. The Hall–Kier alpha value is -0.900. The van der Waals surface area contributed by atoms with E-state index in [0.29, 0.717) is 5.92 Å². The highest BCUT2D eigenvalue weighted by Gasteiger charge is 2.32. The van der Waals surface area contributed by atoms with Crippen molar-refractivity contribution in [2.24, 2.45) is 11.7 Å². The molecule has 1 aromatic carbocycles. The average molecular weight is 276 g/mol. The summed E-state index contributed by atoms with van der Waals surface area (Å²) >= 11 is 0. The molecule has 1 saturated heterocycles. The van der Waals surface area contributed by atoms with Gasteiger partial charge in [0, 0.05) is 25.2 Å². The average Bonchev–Trinajstić information content (AvgIpc) is 2.43. The zero-order valence-corrected chi connectivity index (χ0v) is 12.9. The maximum absolute atomic E-state index is 9.93. The van der Waals surface area contributed by atoms with Gasteiger partial charge in [-0.25, -0.2) is 0 Å². The Bertz CT molecular complexity index is 435. The number of benzene rings is 1. The second-order valence-electron chi connectivity index (χ2n) is 6.26. The van der Waals surface area contributed by atoms with E-state index in [1.807, 2.05) is 0 Å². The number of aliphatic hydroxyl groups is 1. The second-order valence-corrected chi connectivity index (χ2v) is 6.26. The van der Waals surface area contributed by atoms with Gasteiger partial charge in [-0.3, -0.25) is 4.90 Å². The van der Waals surface area contributed by atoms with Crippen molar-refractivity contribution in [1.82, 2.24) is 4.90 Å². The Morgan fingerprint density at radius 2 is 2.20 bits per heavy atom. The number of piperidine rings is 1. The van der Waals surface area contributed by atoms with Crippen LogP contribution in [0.3, 0.4) is 0 Å². The molecule has 0 radical (unpaired) electrons. The van der Waals surface area contributed by atoms with Crippen LogP contribution in [0.15, 0.2) is 24.3 Å². The molecule has 0 aromatic heterocycles. The minimum Gasteiger partial charge on any atom is -0.393 e. The number of likely N-dealkylation sites (tertiary alicyclic amines) is 1. The SMILES string of the molecule is CCC(N)C(c1cccc(C)c1)N1CCC(O)C(C)C1. The van der Waals surface area contributed by atoms with E-state index in [0.717, 1.165) is 25.9 Å². The first-order chi connectivity index (χ1) is 9.52. The molecular weight excluding hydrogens is 248 g/mol. The van der Waals surface area contributed by atoms with Gasteiger partial charge in [-0.2, -0.15) is 0 Å². The largest absolute Gasteiger partial charge is 0.393 e. The summed E-state index contributed by atoms with van der Waals surface area (Å²) in [6.45, 7) is 8.25. The molecule has 112 valence electrons. The molecule has 0 amide bonds. The van der Waals surface area contributed by atoms with Crippen LogP contribution in [0, 0.1) is 12.8 Å². The zero-order valence-electron chi connectivity index (χ0n) is 12.9. The van der Waals surface area contributed by atoms with Crippen LogP contribution < -0.4 is 5.73 Å². The summed E-state index contributed by atoms with van der Waals surface area (Å²) < 4.78 is 0. The lowest BCUT2D eigenvalue weighted by Gasteiger charge is -2.42. The predicted octanol–water partition coefficient (Wildman–Crippen LogP) is 2.48. The standard InChI is InChI=1S/C17H28N2O/c1-4-15(18)17(14-7-5-6-12(2)10-14)19-9-8-16(20)13(3)11-19/h5-7,10,13,15-17,20H,4,8-9,11,18H2,1-3H3. The molecule has 3 heteroatoms. The van der Waals surface area contributed by atoms with Crippen LogP contribution in [0.2, 0.25) is 0 Å². The molecule has 2 rings (SSSR count). The molecular formula is C17H28N2O. The van der Waals surface area contributed by atoms with Gasteiger partial charge in [0.2, 0.25) is 0 Å². The summed E-state index contributed by atoms with van der Waals surface area (Å²) in [6, 6.07) is 9.07. The quantitative estimate of drug-likeness (QED) is 0.888. The topological polar surface area (TPSA) is 49.5 Å². The van der Waals surface area contributed by atoms with Crippen LogP contribution >= 0.6 is 0 Å². The molecule has 1 aliphatic heterocycles. The van der Waals surface area contributed by atoms with E-state index in [9.17, 15) is 5.11 Å². The number of hydrogen-bond donors (Lipinski definition) is 2. The lowest BCUT2D eigenvalue weighted by Crippen LogP contribution is -2.48. The van der Waals surface area contributed by atoms with Gasteiger partial charge in [-0.05, 0) is 31.2 Å². The molecule has 1 heterocycles. The van der Waals surface area contributed by atoms with Gasteiger partial charge in [-0.1, -0.05) is 43.7 Å². The van der Waals surface area contributed by atoms with Gasteiger partial charge in [0.1, 0.15) is 0 Å². The van der Waals surface area contributed by atoms with Crippen molar-refractivity contribution in [2.45, 2.75) is 51.8 Å². The van der Waals surface area contributed by atoms with E-state index in [2.05, 4.69) is 49.9 Å². The van der Waals surface area contributed by atoms with Crippen LogP contribution in [0.4, 0.5) is 0 Å². The normalized spacial score (nSPS) is 27.2. The van der Waals surface area contributed by atoms with Gasteiger partial charge < -0.3 is 10.8 Å². The number of rotatable bonds is 4. The predicted molar refractivity (Wildman–Crippen MR) is 83.5 cm³/mol. The van der Waals surface area contributed by atoms with Crippen molar-refractivity contribution in [3.05, 3.63) is 35.4 Å². The fraction of sp³-hybridized carbons (Fsp3) is 0.647. The summed E-state index contributed by atoms with van der Waals surface area (Å²) in [6.07, 6.45) is 1.65. The fourth-order valence-corrected chi connectivity index (χ4v) is 3.22. The van der Waals surface area contributed by atoms with Crippen molar-refractivity contribution in [3.8, 4) is 0 Å². The van der Waals surface area contributed by atoms with Crippen LogP contribution in [-0.2, 0) is 0 Å². The van der Waals surface area contributed by atoms with E-state index in [1.54, 1.807) is 0 Å². The van der Waals surface area contributed by atoms with E-state index < -0.39 is 0 Å². The monoisotopic (exact) mass is 276 g/mol. The van der Waals surface area contributed by atoms with Gasteiger partial charge in [0.25, 0.3) is 0 Å². The van der Waals surface area contributed by atoms with E-state index in [4.69, 9.17) is 5.73 Å². The van der Waals surface area contributed by atoms with Crippen molar-refractivity contribution in [3.63, 3.8) is 0 Å². The lowest BCUT2D eigenvalue weighted by molar-refractivity contribution is 0.0112. The number of hydrogen-bond acceptors (Lipinski definition) is 3.